The number of terminal acetylenes is 1. The highest BCUT2D eigenvalue weighted by Gasteiger charge is 2.05. The quantitative estimate of drug-likeness (QED) is 0.364. The van der Waals surface area contributed by atoms with E-state index in [1.54, 1.807) is 13.2 Å². The van der Waals surface area contributed by atoms with Gasteiger partial charge in [-0.15, -0.1) is 6.42 Å². The predicted octanol–water partition coefficient (Wildman–Crippen LogP) is 2.60. The molecule has 0 unspecified atom stereocenters. The van der Waals surface area contributed by atoms with Gasteiger partial charge in [0.2, 0.25) is 5.29 Å². The van der Waals surface area contributed by atoms with Gasteiger partial charge in [-0.2, -0.15) is 0 Å². The Balaban J connectivity index is 3.23. The number of ether oxygens (including phenoxy) is 1. The third-order valence-corrected chi connectivity index (χ3v) is 2.11. The van der Waals surface area contributed by atoms with Gasteiger partial charge in [0, 0.05) is 5.56 Å². The van der Waals surface area contributed by atoms with Crippen LogP contribution in [0.3, 0.4) is 0 Å². The largest absolute Gasteiger partial charge is 0.496 e. The van der Waals surface area contributed by atoms with E-state index in [4.69, 9.17) is 28.2 Å². The van der Waals surface area contributed by atoms with Crippen LogP contribution in [0.4, 0.5) is 0 Å². The summed E-state index contributed by atoms with van der Waals surface area (Å²) in [5.41, 5.74) is 2.03. The molecule has 0 aliphatic carbocycles. The van der Waals surface area contributed by atoms with Gasteiger partial charge in [0.1, 0.15) is 11.5 Å². The lowest BCUT2D eigenvalue weighted by atomic mass is 10.1. The lowest BCUT2D eigenvalue weighted by molar-refractivity contribution is 0.411. The molecule has 0 fully saturated rings. The normalized spacial score (nSPS) is 10.8. The Kier molecular flexibility index (Phi) is 4.10. The van der Waals surface area contributed by atoms with Crippen LogP contribution < -0.4 is 4.74 Å². The van der Waals surface area contributed by atoms with Crippen LogP contribution in [0.2, 0.25) is 0 Å². The molecular weight excluding hydrogens is 224 g/mol. The average molecular weight is 235 g/mol. The van der Waals surface area contributed by atoms with Crippen LogP contribution in [-0.4, -0.2) is 18.1 Å². The van der Waals surface area contributed by atoms with Gasteiger partial charge < -0.3 is 4.74 Å². The molecule has 0 saturated carbocycles. The molecule has 0 spiro atoms. The van der Waals surface area contributed by atoms with E-state index in [0.29, 0.717) is 11.3 Å². The van der Waals surface area contributed by atoms with Gasteiger partial charge in [0.25, 0.3) is 0 Å². The molecule has 1 N–H and O–H groups in total. The highest BCUT2D eigenvalue weighted by molar-refractivity contribution is 6.65. The van der Waals surface area contributed by atoms with Crippen LogP contribution in [0.1, 0.15) is 11.1 Å². The molecule has 0 bridgehead atoms. The molecule has 0 heterocycles. The molecule has 0 saturated heterocycles. The van der Waals surface area contributed by atoms with Crippen molar-refractivity contribution in [2.45, 2.75) is 6.92 Å². The number of aliphatic imine (C=N–C) groups is 1. The maximum absolute atomic E-state index is 7.07. The minimum Gasteiger partial charge on any atom is -0.496 e. The van der Waals surface area contributed by atoms with Crippen molar-refractivity contribution in [1.82, 2.24) is 0 Å². The van der Waals surface area contributed by atoms with Crippen LogP contribution >= 0.6 is 11.6 Å². The number of hydrogen-bond donors (Lipinski definition) is 1. The van der Waals surface area contributed by atoms with Crippen molar-refractivity contribution in [3.8, 4) is 18.1 Å². The number of rotatable bonds is 2. The summed E-state index contributed by atoms with van der Waals surface area (Å²) in [4.78, 5) is 3.74. The smallest absolute Gasteiger partial charge is 0.216 e. The zero-order valence-corrected chi connectivity index (χ0v) is 9.80. The van der Waals surface area contributed by atoms with Crippen molar-refractivity contribution >= 4 is 22.6 Å². The number of amidine groups is 1. The summed E-state index contributed by atoms with van der Waals surface area (Å²) in [6, 6.07) is 5.46. The second-order valence-electron chi connectivity index (χ2n) is 3.08. The fraction of sp³-hybridized carbons (Fsp3) is 0.167. The first kappa shape index (κ1) is 12.3. The molecule has 0 radical (unpaired) electrons. The molecule has 4 heteroatoms. The molecule has 0 amide bonds. The van der Waals surface area contributed by atoms with Gasteiger partial charge in [-0.1, -0.05) is 12.1 Å². The van der Waals surface area contributed by atoms with Crippen molar-refractivity contribution in [3.05, 3.63) is 29.3 Å². The lowest BCUT2D eigenvalue weighted by Gasteiger charge is -2.06. The summed E-state index contributed by atoms with van der Waals surface area (Å²) < 4.78 is 5.18. The summed E-state index contributed by atoms with van der Waals surface area (Å²) in [6.07, 6.45) is 5.31. The first-order valence-electron chi connectivity index (χ1n) is 4.53. The standard InChI is InChI=1S/C12H11ClN2O/c1-4-10(15-12(13)14)9-6-5-8(2)11(7-9)16-3/h1,5-7,14H,2-3H3. The number of benzene rings is 1. The summed E-state index contributed by atoms with van der Waals surface area (Å²) in [5, 5.41) is 6.73. The fourth-order valence-electron chi connectivity index (χ4n) is 1.25. The molecule has 82 valence electrons. The van der Waals surface area contributed by atoms with Gasteiger partial charge >= 0.3 is 0 Å². The molecular formula is C12H11ClN2O. The van der Waals surface area contributed by atoms with Crippen molar-refractivity contribution in [3.63, 3.8) is 0 Å². The van der Waals surface area contributed by atoms with Crippen molar-refractivity contribution < 1.29 is 4.74 Å². The van der Waals surface area contributed by atoms with Gasteiger partial charge in [-0.25, -0.2) is 4.99 Å². The Morgan fingerprint density at radius 2 is 2.25 bits per heavy atom. The van der Waals surface area contributed by atoms with Crippen LogP contribution in [0.15, 0.2) is 23.2 Å². The summed E-state index contributed by atoms with van der Waals surface area (Å²) in [5.74, 6) is 3.11. The first-order valence-corrected chi connectivity index (χ1v) is 4.90. The molecule has 16 heavy (non-hydrogen) atoms. The molecule has 1 aromatic rings. The number of aryl methyl sites for hydroxylation is 1. The molecule has 1 rings (SSSR count). The van der Waals surface area contributed by atoms with E-state index >= 15 is 0 Å². The monoisotopic (exact) mass is 234 g/mol. The third kappa shape index (κ3) is 2.85. The Morgan fingerprint density at radius 1 is 1.56 bits per heavy atom. The number of methoxy groups -OCH3 is 1. The topological polar surface area (TPSA) is 45.4 Å². The van der Waals surface area contributed by atoms with Crippen LogP contribution in [0.5, 0.6) is 5.75 Å². The summed E-state index contributed by atoms with van der Waals surface area (Å²) >= 11 is 5.38. The van der Waals surface area contributed by atoms with Gasteiger partial charge in [0.15, 0.2) is 0 Å². The lowest BCUT2D eigenvalue weighted by Crippen LogP contribution is -2.00. The molecule has 0 aliphatic rings. The Bertz CT molecular complexity index is 486. The number of nitrogens with zero attached hydrogens (tertiary/aromatic N) is 1. The van der Waals surface area contributed by atoms with Crippen LogP contribution in [-0.2, 0) is 0 Å². The van der Waals surface area contributed by atoms with Gasteiger partial charge in [0.05, 0.1) is 7.11 Å². The Hall–Kier alpha value is -1.79. The molecule has 0 atom stereocenters. The highest BCUT2D eigenvalue weighted by Crippen LogP contribution is 2.19. The number of nitrogens with one attached hydrogen (secondary N) is 1. The van der Waals surface area contributed by atoms with Crippen molar-refractivity contribution in [2.75, 3.05) is 7.11 Å². The number of halogens is 1. The zero-order valence-electron chi connectivity index (χ0n) is 9.04. The second kappa shape index (κ2) is 5.34. The average Bonchev–Trinajstić information content (AvgIpc) is 2.26. The van der Waals surface area contributed by atoms with E-state index in [-0.39, 0.29) is 5.29 Å². The van der Waals surface area contributed by atoms with E-state index in [1.165, 1.54) is 0 Å². The van der Waals surface area contributed by atoms with E-state index < -0.39 is 0 Å². The highest BCUT2D eigenvalue weighted by atomic mass is 35.5. The molecule has 3 nitrogen and oxygen atoms in total. The van der Waals surface area contributed by atoms with Gasteiger partial charge in [-0.05, 0) is 36.1 Å². The van der Waals surface area contributed by atoms with E-state index in [9.17, 15) is 0 Å². The first-order chi connectivity index (χ1) is 7.58. The SMILES string of the molecule is C#CC(=NC(=N)Cl)c1ccc(C)c(OC)c1. The van der Waals surface area contributed by atoms with Crippen molar-refractivity contribution in [1.29, 1.82) is 5.41 Å². The minimum absolute atomic E-state index is 0.318. The fourth-order valence-corrected chi connectivity index (χ4v) is 1.33. The number of hydrogen-bond acceptors (Lipinski definition) is 2. The molecule has 0 aliphatic heterocycles. The maximum Gasteiger partial charge on any atom is 0.216 e. The Morgan fingerprint density at radius 3 is 2.75 bits per heavy atom. The summed E-state index contributed by atoms with van der Waals surface area (Å²) in [6.45, 7) is 1.93. The molecule has 1 aromatic carbocycles. The Labute approximate surface area is 99.6 Å². The minimum atomic E-state index is -0.340. The summed E-state index contributed by atoms with van der Waals surface area (Å²) in [7, 11) is 1.59. The third-order valence-electron chi connectivity index (χ3n) is 2.03. The predicted molar refractivity (Wildman–Crippen MR) is 66.7 cm³/mol. The van der Waals surface area contributed by atoms with Crippen LogP contribution in [0.25, 0.3) is 0 Å². The van der Waals surface area contributed by atoms with E-state index in [2.05, 4.69) is 10.9 Å². The van der Waals surface area contributed by atoms with E-state index in [0.717, 1.165) is 11.3 Å². The van der Waals surface area contributed by atoms with Crippen LogP contribution in [0, 0.1) is 24.7 Å². The molecule has 0 aromatic heterocycles. The van der Waals surface area contributed by atoms with Gasteiger partial charge in [-0.3, -0.25) is 5.41 Å². The van der Waals surface area contributed by atoms with Crippen molar-refractivity contribution in [2.24, 2.45) is 4.99 Å². The second-order valence-corrected chi connectivity index (χ2v) is 3.44. The zero-order chi connectivity index (χ0) is 12.1. The maximum atomic E-state index is 7.07. The van der Waals surface area contributed by atoms with E-state index in [1.807, 2.05) is 19.1 Å².